The van der Waals surface area contributed by atoms with E-state index in [1.807, 2.05) is 60.8 Å². The number of para-hydroxylation sites is 2. The number of carbonyl (C=O) groups is 1. The maximum absolute atomic E-state index is 11.2. The summed E-state index contributed by atoms with van der Waals surface area (Å²) in [6, 6.07) is 26.5. The number of aliphatic carboxylic acids is 1. The number of nitrogens with one attached hydrogen (secondary N) is 1. The molecule has 0 saturated heterocycles. The highest BCUT2D eigenvalue weighted by Crippen LogP contribution is 2.25. The summed E-state index contributed by atoms with van der Waals surface area (Å²) in [6.07, 6.45) is 1.99. The van der Waals surface area contributed by atoms with Gasteiger partial charge in [0.2, 0.25) is 0 Å². The number of benzene rings is 3. The van der Waals surface area contributed by atoms with Gasteiger partial charge < -0.3 is 15.0 Å². The number of aromatic nitrogens is 1. The molecule has 0 amide bonds. The van der Waals surface area contributed by atoms with E-state index in [4.69, 9.17) is 0 Å². The van der Waals surface area contributed by atoms with Gasteiger partial charge in [-0.25, -0.2) is 0 Å². The standard InChI is InChI=1S/C24H22N2O2/c27-24(28)14-20-17-26(23-13-7-5-11-21(20)23)16-19-10-4-6-12-22(19)25-15-18-8-2-1-3-9-18/h1-13,17,25H,14-16H2,(H,27,28). The summed E-state index contributed by atoms with van der Waals surface area (Å²) in [7, 11) is 0. The summed E-state index contributed by atoms with van der Waals surface area (Å²) in [4.78, 5) is 11.2. The summed E-state index contributed by atoms with van der Waals surface area (Å²) in [5.74, 6) is -0.812. The van der Waals surface area contributed by atoms with Gasteiger partial charge in [0.15, 0.2) is 0 Å². The Labute approximate surface area is 164 Å². The van der Waals surface area contributed by atoms with Crippen molar-refractivity contribution in [2.24, 2.45) is 0 Å². The molecule has 1 aromatic heterocycles. The average Bonchev–Trinajstić information content (AvgIpc) is 3.05. The highest BCUT2D eigenvalue weighted by Gasteiger charge is 2.12. The van der Waals surface area contributed by atoms with Crippen molar-refractivity contribution >= 4 is 22.6 Å². The first-order chi connectivity index (χ1) is 13.7. The van der Waals surface area contributed by atoms with Crippen LogP contribution < -0.4 is 5.32 Å². The summed E-state index contributed by atoms with van der Waals surface area (Å²) in [5.41, 5.74) is 5.38. The topological polar surface area (TPSA) is 54.3 Å². The van der Waals surface area contributed by atoms with Crippen molar-refractivity contribution in [1.82, 2.24) is 4.57 Å². The molecule has 0 saturated carbocycles. The van der Waals surface area contributed by atoms with E-state index in [0.29, 0.717) is 6.54 Å². The lowest BCUT2D eigenvalue weighted by molar-refractivity contribution is -0.136. The predicted octanol–water partition coefficient (Wildman–Crippen LogP) is 4.93. The Bertz CT molecular complexity index is 1100. The van der Waals surface area contributed by atoms with E-state index < -0.39 is 5.97 Å². The molecular formula is C24H22N2O2. The van der Waals surface area contributed by atoms with Crippen LogP contribution in [0.4, 0.5) is 5.69 Å². The molecule has 0 bridgehead atoms. The molecule has 4 heteroatoms. The van der Waals surface area contributed by atoms with Crippen LogP contribution in [0.5, 0.6) is 0 Å². The largest absolute Gasteiger partial charge is 0.481 e. The molecule has 28 heavy (non-hydrogen) atoms. The molecule has 0 radical (unpaired) electrons. The summed E-state index contributed by atoms with van der Waals surface area (Å²) >= 11 is 0. The van der Waals surface area contributed by atoms with Gasteiger partial charge in [-0.05, 0) is 28.8 Å². The van der Waals surface area contributed by atoms with Crippen LogP contribution in [0.2, 0.25) is 0 Å². The summed E-state index contributed by atoms with van der Waals surface area (Å²) < 4.78 is 2.14. The van der Waals surface area contributed by atoms with Crippen molar-refractivity contribution in [1.29, 1.82) is 0 Å². The molecule has 0 atom stereocenters. The van der Waals surface area contributed by atoms with Gasteiger partial charge in [0.25, 0.3) is 0 Å². The van der Waals surface area contributed by atoms with E-state index in [9.17, 15) is 9.90 Å². The SMILES string of the molecule is O=C(O)Cc1cn(Cc2ccccc2NCc2ccccc2)c2ccccc12. The molecular weight excluding hydrogens is 348 g/mol. The lowest BCUT2D eigenvalue weighted by Crippen LogP contribution is -2.05. The van der Waals surface area contributed by atoms with Gasteiger partial charge in [0.1, 0.15) is 0 Å². The second-order valence-electron chi connectivity index (χ2n) is 6.87. The number of hydrogen-bond donors (Lipinski definition) is 2. The Morgan fingerprint density at radius 2 is 1.57 bits per heavy atom. The molecule has 0 fully saturated rings. The van der Waals surface area contributed by atoms with Gasteiger partial charge in [0.05, 0.1) is 6.42 Å². The Morgan fingerprint density at radius 3 is 2.39 bits per heavy atom. The van der Waals surface area contributed by atoms with E-state index in [0.717, 1.165) is 28.7 Å². The van der Waals surface area contributed by atoms with Crippen molar-refractivity contribution in [3.63, 3.8) is 0 Å². The van der Waals surface area contributed by atoms with Crippen LogP contribution in [-0.2, 0) is 24.3 Å². The molecule has 4 nitrogen and oxygen atoms in total. The first kappa shape index (κ1) is 17.9. The van der Waals surface area contributed by atoms with Crippen molar-refractivity contribution in [2.75, 3.05) is 5.32 Å². The van der Waals surface area contributed by atoms with E-state index in [1.165, 1.54) is 11.1 Å². The van der Waals surface area contributed by atoms with Crippen molar-refractivity contribution in [3.8, 4) is 0 Å². The number of carboxylic acids is 1. The van der Waals surface area contributed by atoms with Gasteiger partial charge in [0, 0.05) is 35.9 Å². The monoisotopic (exact) mass is 370 g/mol. The fraction of sp³-hybridized carbons (Fsp3) is 0.125. The lowest BCUT2D eigenvalue weighted by Gasteiger charge is -2.13. The quantitative estimate of drug-likeness (QED) is 0.485. The van der Waals surface area contributed by atoms with Crippen molar-refractivity contribution in [2.45, 2.75) is 19.5 Å². The molecule has 3 aromatic carbocycles. The summed E-state index contributed by atoms with van der Waals surface area (Å²) in [6.45, 7) is 1.44. The zero-order valence-corrected chi connectivity index (χ0v) is 15.5. The number of hydrogen-bond acceptors (Lipinski definition) is 2. The first-order valence-electron chi connectivity index (χ1n) is 9.35. The van der Waals surface area contributed by atoms with E-state index in [1.54, 1.807) is 0 Å². The maximum Gasteiger partial charge on any atom is 0.307 e. The predicted molar refractivity (Wildman–Crippen MR) is 113 cm³/mol. The van der Waals surface area contributed by atoms with E-state index in [-0.39, 0.29) is 6.42 Å². The molecule has 4 aromatic rings. The third-order valence-electron chi connectivity index (χ3n) is 4.90. The third-order valence-corrected chi connectivity index (χ3v) is 4.90. The van der Waals surface area contributed by atoms with Crippen LogP contribution in [0.1, 0.15) is 16.7 Å². The van der Waals surface area contributed by atoms with Crippen LogP contribution >= 0.6 is 0 Å². The van der Waals surface area contributed by atoms with Crippen LogP contribution in [0.15, 0.2) is 85.1 Å². The Balaban J connectivity index is 1.62. The lowest BCUT2D eigenvalue weighted by atomic mass is 10.1. The second kappa shape index (κ2) is 8.01. The molecule has 4 rings (SSSR count). The number of nitrogens with zero attached hydrogens (tertiary/aromatic N) is 1. The minimum atomic E-state index is -0.812. The molecule has 0 aliphatic rings. The first-order valence-corrected chi connectivity index (χ1v) is 9.35. The van der Waals surface area contributed by atoms with Gasteiger partial charge >= 0.3 is 5.97 Å². The fourth-order valence-electron chi connectivity index (χ4n) is 3.56. The normalized spacial score (nSPS) is 10.9. The van der Waals surface area contributed by atoms with Gasteiger partial charge in [-0.2, -0.15) is 0 Å². The Hall–Kier alpha value is -3.53. The number of carboxylic acid groups (broad SMARTS) is 1. The van der Waals surface area contributed by atoms with Gasteiger partial charge in [-0.15, -0.1) is 0 Å². The zero-order chi connectivity index (χ0) is 19.3. The van der Waals surface area contributed by atoms with Crippen LogP contribution in [0, 0.1) is 0 Å². The summed E-state index contributed by atoms with van der Waals surface area (Å²) in [5, 5.41) is 13.8. The molecule has 0 spiro atoms. The van der Waals surface area contributed by atoms with E-state index in [2.05, 4.69) is 34.1 Å². The Morgan fingerprint density at radius 1 is 0.857 bits per heavy atom. The second-order valence-corrected chi connectivity index (χ2v) is 6.87. The number of rotatable bonds is 7. The fourth-order valence-corrected chi connectivity index (χ4v) is 3.56. The van der Waals surface area contributed by atoms with Crippen LogP contribution in [0.3, 0.4) is 0 Å². The highest BCUT2D eigenvalue weighted by molar-refractivity contribution is 5.87. The maximum atomic E-state index is 11.2. The molecule has 0 aliphatic heterocycles. The molecule has 1 heterocycles. The molecule has 2 N–H and O–H groups in total. The molecule has 0 aliphatic carbocycles. The van der Waals surface area contributed by atoms with Crippen LogP contribution in [0.25, 0.3) is 10.9 Å². The third kappa shape index (κ3) is 3.91. The smallest absolute Gasteiger partial charge is 0.307 e. The van der Waals surface area contributed by atoms with Gasteiger partial charge in [-0.1, -0.05) is 66.7 Å². The Kier molecular flexibility index (Phi) is 5.11. The van der Waals surface area contributed by atoms with Crippen LogP contribution in [-0.4, -0.2) is 15.6 Å². The number of anilines is 1. The highest BCUT2D eigenvalue weighted by atomic mass is 16.4. The van der Waals surface area contributed by atoms with Crippen molar-refractivity contribution in [3.05, 3.63) is 102 Å². The molecule has 0 unspecified atom stereocenters. The number of fused-ring (bicyclic) bond motifs is 1. The van der Waals surface area contributed by atoms with Crippen molar-refractivity contribution < 1.29 is 9.90 Å². The zero-order valence-electron chi connectivity index (χ0n) is 15.5. The minimum absolute atomic E-state index is 0.0292. The van der Waals surface area contributed by atoms with Gasteiger partial charge in [-0.3, -0.25) is 4.79 Å². The van der Waals surface area contributed by atoms with E-state index >= 15 is 0 Å². The average molecular weight is 370 g/mol. The molecule has 140 valence electrons. The minimum Gasteiger partial charge on any atom is -0.481 e.